The third-order valence-electron chi connectivity index (χ3n) is 6.52. The number of hydrogen-bond donors (Lipinski definition) is 1. The standard InChI is InChI=1S/C28H29BrN6O/c29-22-6-4-7-23(19-22)31-27(36)20-34-15-17-35(18-16-34)28-25-9-2-1-8-24(25)26(32-33-28)10-3-5-21-11-13-30-14-12-21/h1-2,4,6-9,11-14,19H,3,5,10,15-18,20H2,(H,31,36). The van der Waals surface area contributed by atoms with E-state index in [0.29, 0.717) is 6.54 Å². The Balaban J connectivity index is 1.19. The van der Waals surface area contributed by atoms with Gasteiger partial charge in [0.15, 0.2) is 5.82 Å². The molecule has 1 N–H and O–H groups in total. The molecule has 0 bridgehead atoms. The number of anilines is 2. The molecule has 0 aliphatic carbocycles. The van der Waals surface area contributed by atoms with Gasteiger partial charge in [-0.2, -0.15) is 5.10 Å². The van der Waals surface area contributed by atoms with Crippen molar-refractivity contribution in [3.8, 4) is 0 Å². The first-order chi connectivity index (χ1) is 17.7. The number of nitrogens with one attached hydrogen (secondary N) is 1. The van der Waals surface area contributed by atoms with Gasteiger partial charge in [0.1, 0.15) is 0 Å². The van der Waals surface area contributed by atoms with E-state index in [2.05, 4.69) is 82.6 Å². The van der Waals surface area contributed by atoms with Crippen molar-refractivity contribution in [3.05, 3.63) is 88.8 Å². The van der Waals surface area contributed by atoms with E-state index < -0.39 is 0 Å². The fourth-order valence-electron chi connectivity index (χ4n) is 4.66. The summed E-state index contributed by atoms with van der Waals surface area (Å²) in [4.78, 5) is 21.1. The maximum Gasteiger partial charge on any atom is 0.238 e. The zero-order valence-corrected chi connectivity index (χ0v) is 21.7. The lowest BCUT2D eigenvalue weighted by atomic mass is 10.0. The summed E-state index contributed by atoms with van der Waals surface area (Å²) in [6, 6.07) is 20.2. The Hall–Kier alpha value is -3.36. The summed E-state index contributed by atoms with van der Waals surface area (Å²) in [5, 5.41) is 14.6. The maximum atomic E-state index is 12.5. The third kappa shape index (κ3) is 6.06. The Morgan fingerprint density at radius 3 is 2.44 bits per heavy atom. The topological polar surface area (TPSA) is 74.2 Å². The lowest BCUT2D eigenvalue weighted by Gasteiger charge is -2.35. The van der Waals surface area contributed by atoms with Crippen molar-refractivity contribution in [2.75, 3.05) is 42.9 Å². The molecule has 1 aliphatic heterocycles. The quantitative estimate of drug-likeness (QED) is 0.346. The minimum Gasteiger partial charge on any atom is -0.352 e. The van der Waals surface area contributed by atoms with Crippen LogP contribution in [0.2, 0.25) is 0 Å². The van der Waals surface area contributed by atoms with Crippen LogP contribution in [-0.2, 0) is 17.6 Å². The van der Waals surface area contributed by atoms with Crippen LogP contribution >= 0.6 is 15.9 Å². The van der Waals surface area contributed by atoms with E-state index in [1.54, 1.807) is 0 Å². The molecule has 1 amide bonds. The van der Waals surface area contributed by atoms with Crippen LogP contribution < -0.4 is 10.2 Å². The van der Waals surface area contributed by atoms with E-state index >= 15 is 0 Å². The van der Waals surface area contributed by atoms with E-state index in [1.807, 2.05) is 36.7 Å². The van der Waals surface area contributed by atoms with Gasteiger partial charge in [-0.25, -0.2) is 0 Å². The van der Waals surface area contributed by atoms with Crippen LogP contribution in [0.5, 0.6) is 0 Å². The van der Waals surface area contributed by atoms with Gasteiger partial charge in [0.05, 0.1) is 12.2 Å². The summed E-state index contributed by atoms with van der Waals surface area (Å²) in [7, 11) is 0. The second-order valence-corrected chi connectivity index (χ2v) is 9.96. The average Bonchev–Trinajstić information content (AvgIpc) is 2.90. The summed E-state index contributed by atoms with van der Waals surface area (Å²) in [5.74, 6) is 0.935. The number of halogens is 1. The molecule has 0 unspecified atom stereocenters. The molecular weight excluding hydrogens is 516 g/mol. The highest BCUT2D eigenvalue weighted by Gasteiger charge is 2.22. The van der Waals surface area contributed by atoms with Gasteiger partial charge in [0.2, 0.25) is 5.91 Å². The van der Waals surface area contributed by atoms with Gasteiger partial charge >= 0.3 is 0 Å². The average molecular weight is 545 g/mol. The molecule has 7 nitrogen and oxygen atoms in total. The van der Waals surface area contributed by atoms with E-state index in [-0.39, 0.29) is 5.91 Å². The smallest absolute Gasteiger partial charge is 0.238 e. The van der Waals surface area contributed by atoms with Crippen LogP contribution in [0.1, 0.15) is 17.7 Å². The van der Waals surface area contributed by atoms with Crippen LogP contribution in [0.4, 0.5) is 11.5 Å². The fraction of sp³-hybridized carbons (Fsp3) is 0.286. The highest BCUT2D eigenvalue weighted by atomic mass is 79.9. The summed E-state index contributed by atoms with van der Waals surface area (Å²) in [6.45, 7) is 3.60. The summed E-state index contributed by atoms with van der Waals surface area (Å²) >= 11 is 3.44. The number of rotatable bonds is 8. The molecule has 3 heterocycles. The molecule has 36 heavy (non-hydrogen) atoms. The van der Waals surface area contributed by atoms with E-state index in [1.165, 1.54) is 10.9 Å². The van der Waals surface area contributed by atoms with Crippen LogP contribution in [0.3, 0.4) is 0 Å². The predicted octanol–water partition coefficient (Wildman–Crippen LogP) is 4.72. The van der Waals surface area contributed by atoms with Gasteiger partial charge < -0.3 is 10.2 Å². The van der Waals surface area contributed by atoms with Gasteiger partial charge in [0.25, 0.3) is 0 Å². The highest BCUT2D eigenvalue weighted by Crippen LogP contribution is 2.27. The van der Waals surface area contributed by atoms with Crippen molar-refractivity contribution in [3.63, 3.8) is 0 Å². The third-order valence-corrected chi connectivity index (χ3v) is 7.01. The van der Waals surface area contributed by atoms with E-state index in [4.69, 9.17) is 0 Å². The van der Waals surface area contributed by atoms with Crippen molar-refractivity contribution in [1.82, 2.24) is 20.1 Å². The Morgan fingerprint density at radius 2 is 1.67 bits per heavy atom. The predicted molar refractivity (Wildman–Crippen MR) is 147 cm³/mol. The van der Waals surface area contributed by atoms with Gasteiger partial charge in [0, 0.05) is 59.5 Å². The number of carbonyl (C=O) groups excluding carboxylic acids is 1. The molecule has 0 atom stereocenters. The van der Waals surface area contributed by atoms with E-state index in [0.717, 1.165) is 72.5 Å². The molecule has 2 aromatic heterocycles. The fourth-order valence-corrected chi connectivity index (χ4v) is 5.06. The van der Waals surface area contributed by atoms with Gasteiger partial charge in [-0.1, -0.05) is 46.3 Å². The Bertz CT molecular complexity index is 1320. The Morgan fingerprint density at radius 1 is 0.889 bits per heavy atom. The number of fused-ring (bicyclic) bond motifs is 1. The maximum absolute atomic E-state index is 12.5. The minimum absolute atomic E-state index is 0.00269. The lowest BCUT2D eigenvalue weighted by molar-refractivity contribution is -0.117. The van der Waals surface area contributed by atoms with Gasteiger partial charge in [-0.05, 0) is 55.2 Å². The summed E-state index contributed by atoms with van der Waals surface area (Å²) < 4.78 is 0.946. The largest absolute Gasteiger partial charge is 0.352 e. The van der Waals surface area contributed by atoms with Gasteiger partial charge in [-0.15, -0.1) is 5.10 Å². The zero-order chi connectivity index (χ0) is 24.7. The number of amides is 1. The lowest BCUT2D eigenvalue weighted by Crippen LogP contribution is -2.49. The van der Waals surface area contributed by atoms with Crippen LogP contribution in [0.15, 0.2) is 77.5 Å². The molecule has 1 aliphatic rings. The van der Waals surface area contributed by atoms with Crippen molar-refractivity contribution >= 4 is 44.1 Å². The molecule has 0 saturated carbocycles. The number of pyridine rings is 1. The molecule has 1 fully saturated rings. The SMILES string of the molecule is O=C(CN1CCN(c2nnc(CCCc3ccncc3)c3ccccc23)CC1)Nc1cccc(Br)c1. The Kier molecular flexibility index (Phi) is 7.83. The van der Waals surface area contributed by atoms with Crippen molar-refractivity contribution in [2.24, 2.45) is 0 Å². The van der Waals surface area contributed by atoms with Crippen molar-refractivity contribution in [1.29, 1.82) is 0 Å². The molecule has 8 heteroatoms. The molecule has 0 radical (unpaired) electrons. The van der Waals surface area contributed by atoms with Gasteiger partial charge in [-0.3, -0.25) is 14.7 Å². The number of aromatic nitrogens is 3. The minimum atomic E-state index is 0.00269. The molecule has 1 saturated heterocycles. The van der Waals surface area contributed by atoms with Crippen molar-refractivity contribution in [2.45, 2.75) is 19.3 Å². The Labute approximate surface area is 219 Å². The molecule has 184 valence electrons. The molecule has 4 aromatic rings. The van der Waals surface area contributed by atoms with Crippen molar-refractivity contribution < 1.29 is 4.79 Å². The van der Waals surface area contributed by atoms with Crippen LogP contribution in [-0.4, -0.2) is 58.7 Å². The zero-order valence-electron chi connectivity index (χ0n) is 20.1. The monoisotopic (exact) mass is 544 g/mol. The molecule has 0 spiro atoms. The number of benzene rings is 2. The highest BCUT2D eigenvalue weighted by molar-refractivity contribution is 9.10. The first-order valence-electron chi connectivity index (χ1n) is 12.3. The first kappa shape index (κ1) is 24.3. The summed E-state index contributed by atoms with van der Waals surface area (Å²) in [5.41, 5.74) is 3.14. The summed E-state index contributed by atoms with van der Waals surface area (Å²) in [6.07, 6.45) is 6.58. The number of nitrogens with zero attached hydrogens (tertiary/aromatic N) is 5. The molecule has 5 rings (SSSR count). The second kappa shape index (κ2) is 11.6. The number of hydrogen-bond acceptors (Lipinski definition) is 6. The second-order valence-electron chi connectivity index (χ2n) is 9.05. The number of aryl methyl sites for hydroxylation is 2. The van der Waals surface area contributed by atoms with E-state index in [9.17, 15) is 4.79 Å². The number of carbonyl (C=O) groups is 1. The van der Waals surface area contributed by atoms with Crippen LogP contribution in [0, 0.1) is 0 Å². The number of piperazine rings is 1. The molecular formula is C28H29BrN6O. The molecule has 2 aromatic carbocycles. The normalized spacial score (nSPS) is 14.2. The van der Waals surface area contributed by atoms with Crippen LogP contribution in [0.25, 0.3) is 10.8 Å². The first-order valence-corrected chi connectivity index (χ1v) is 13.1.